The minimum absolute atomic E-state index is 0.357. The fraction of sp³-hybridized carbons (Fsp3) is 0.318. The number of aryl methyl sites for hydroxylation is 1. The van der Waals surface area contributed by atoms with E-state index in [-0.39, 0.29) is 0 Å². The molecule has 1 unspecified atom stereocenters. The second-order valence-corrected chi connectivity index (χ2v) is 8.03. The molecule has 4 aromatic rings. The maximum absolute atomic E-state index is 6.41. The molecule has 5 rings (SSSR count). The molecule has 0 amide bonds. The Labute approximate surface area is 179 Å². The van der Waals surface area contributed by atoms with E-state index in [0.717, 1.165) is 53.1 Å². The molecule has 3 aromatic heterocycles. The molecule has 4 heterocycles. The summed E-state index contributed by atoms with van der Waals surface area (Å²) in [6, 6.07) is 10.2. The first kappa shape index (κ1) is 19.1. The predicted octanol–water partition coefficient (Wildman–Crippen LogP) is 4.60. The van der Waals surface area contributed by atoms with Gasteiger partial charge in [-0.25, -0.2) is 15.0 Å². The van der Waals surface area contributed by atoms with Crippen LogP contribution < -0.4 is 10.2 Å². The van der Waals surface area contributed by atoms with Crippen LogP contribution in [0.1, 0.15) is 18.4 Å². The number of imidazole rings is 1. The van der Waals surface area contributed by atoms with Crippen LogP contribution >= 0.6 is 11.6 Å². The first-order chi connectivity index (χ1) is 14.7. The highest BCUT2D eigenvalue weighted by Crippen LogP contribution is 2.32. The quantitative estimate of drug-likeness (QED) is 0.507. The smallest absolute Gasteiger partial charge is 0.166 e. The Bertz CT molecular complexity index is 1200. The van der Waals surface area contributed by atoms with Crippen molar-refractivity contribution in [2.75, 3.05) is 30.5 Å². The molecule has 1 N–H and O–H groups in total. The molecule has 1 fully saturated rings. The summed E-state index contributed by atoms with van der Waals surface area (Å²) in [5.41, 5.74) is 4.32. The van der Waals surface area contributed by atoms with Gasteiger partial charge in [-0.15, -0.1) is 0 Å². The molecule has 8 heteroatoms. The second kappa shape index (κ2) is 7.74. The number of methoxy groups -OCH3 is 1. The van der Waals surface area contributed by atoms with Crippen molar-refractivity contribution >= 4 is 45.6 Å². The molecule has 1 atom stereocenters. The Balaban J connectivity index is 1.59. The van der Waals surface area contributed by atoms with Crippen LogP contribution in [0.4, 0.5) is 17.3 Å². The number of fused-ring (bicyclic) bond motifs is 3. The number of hydrogen-bond donors (Lipinski definition) is 1. The van der Waals surface area contributed by atoms with E-state index in [9.17, 15) is 0 Å². The molecule has 1 aliphatic rings. The van der Waals surface area contributed by atoms with Crippen molar-refractivity contribution in [3.63, 3.8) is 0 Å². The van der Waals surface area contributed by atoms with E-state index in [1.54, 1.807) is 19.6 Å². The lowest BCUT2D eigenvalue weighted by molar-refractivity contribution is 0.180. The van der Waals surface area contributed by atoms with Gasteiger partial charge in [-0.3, -0.25) is 4.40 Å². The Morgan fingerprint density at radius 2 is 2.13 bits per heavy atom. The topological polar surface area (TPSA) is 67.6 Å². The lowest BCUT2D eigenvalue weighted by Crippen LogP contribution is -2.33. The van der Waals surface area contributed by atoms with Gasteiger partial charge in [0.25, 0.3) is 0 Å². The van der Waals surface area contributed by atoms with E-state index in [1.165, 1.54) is 0 Å². The van der Waals surface area contributed by atoms with Crippen LogP contribution in [0, 0.1) is 6.92 Å². The summed E-state index contributed by atoms with van der Waals surface area (Å²) >= 11 is 6.41. The van der Waals surface area contributed by atoms with Crippen molar-refractivity contribution in [2.45, 2.75) is 25.8 Å². The summed E-state index contributed by atoms with van der Waals surface area (Å²) in [7, 11) is 1.75. The number of benzene rings is 1. The summed E-state index contributed by atoms with van der Waals surface area (Å²) in [6.45, 7) is 3.71. The Morgan fingerprint density at radius 3 is 2.97 bits per heavy atom. The SMILES string of the molecule is COCC1CCCN1c1ccc2nc(Nc3c(C)cccc3Cl)c3cncn3c2n1. The molecule has 154 valence electrons. The number of nitrogens with one attached hydrogen (secondary N) is 1. The van der Waals surface area contributed by atoms with Crippen LogP contribution in [0.25, 0.3) is 16.7 Å². The monoisotopic (exact) mass is 422 g/mol. The van der Waals surface area contributed by atoms with E-state index < -0.39 is 0 Å². The summed E-state index contributed by atoms with van der Waals surface area (Å²) in [6.07, 6.45) is 5.83. The van der Waals surface area contributed by atoms with Gasteiger partial charge in [-0.1, -0.05) is 23.7 Å². The number of nitrogens with zero attached hydrogens (tertiary/aromatic N) is 5. The Hall–Kier alpha value is -2.90. The molecule has 0 aliphatic carbocycles. The van der Waals surface area contributed by atoms with Crippen molar-refractivity contribution < 1.29 is 4.74 Å². The average Bonchev–Trinajstić information content (AvgIpc) is 3.41. The maximum atomic E-state index is 6.41. The van der Waals surface area contributed by atoms with E-state index in [0.29, 0.717) is 23.5 Å². The van der Waals surface area contributed by atoms with Crippen molar-refractivity contribution in [3.8, 4) is 0 Å². The van der Waals surface area contributed by atoms with Crippen LogP contribution in [0.5, 0.6) is 0 Å². The van der Waals surface area contributed by atoms with Crippen LogP contribution in [-0.2, 0) is 4.74 Å². The van der Waals surface area contributed by atoms with Crippen LogP contribution in [-0.4, -0.2) is 45.7 Å². The minimum atomic E-state index is 0.357. The molecular formula is C22H23ClN6O. The van der Waals surface area contributed by atoms with Gasteiger partial charge in [-0.05, 0) is 43.5 Å². The standard InChI is InChI=1S/C22H23ClN6O/c1-14-5-3-7-16(23)20(14)27-21-18-11-24-13-29(18)22-17(25-21)8-9-19(26-22)28-10-4-6-15(28)12-30-2/h3,5,7-9,11,13,15H,4,6,10,12H2,1-2H3,(H,25,27). The zero-order valence-corrected chi connectivity index (χ0v) is 17.7. The van der Waals surface area contributed by atoms with Crippen LogP contribution in [0.2, 0.25) is 5.02 Å². The lowest BCUT2D eigenvalue weighted by atomic mass is 10.2. The van der Waals surface area contributed by atoms with Gasteiger partial charge in [0.1, 0.15) is 23.2 Å². The summed E-state index contributed by atoms with van der Waals surface area (Å²) in [5.74, 6) is 1.64. The van der Waals surface area contributed by atoms with Crippen molar-refractivity contribution in [3.05, 3.63) is 53.4 Å². The van der Waals surface area contributed by atoms with E-state index in [4.69, 9.17) is 26.3 Å². The molecule has 0 bridgehead atoms. The number of para-hydroxylation sites is 1. The number of rotatable bonds is 5. The fourth-order valence-electron chi connectivity index (χ4n) is 4.18. The van der Waals surface area contributed by atoms with Crippen LogP contribution in [0.3, 0.4) is 0 Å². The fourth-order valence-corrected chi connectivity index (χ4v) is 4.44. The van der Waals surface area contributed by atoms with Crippen molar-refractivity contribution in [1.82, 2.24) is 19.4 Å². The third-order valence-corrected chi connectivity index (χ3v) is 5.99. The Morgan fingerprint density at radius 1 is 1.23 bits per heavy atom. The second-order valence-electron chi connectivity index (χ2n) is 7.62. The molecule has 0 spiro atoms. The van der Waals surface area contributed by atoms with Gasteiger partial charge < -0.3 is 15.0 Å². The first-order valence-electron chi connectivity index (χ1n) is 10.1. The first-order valence-corrected chi connectivity index (χ1v) is 10.4. The molecule has 1 aromatic carbocycles. The number of hydrogen-bond acceptors (Lipinski definition) is 6. The highest BCUT2D eigenvalue weighted by Gasteiger charge is 2.26. The number of anilines is 3. The third-order valence-electron chi connectivity index (χ3n) is 5.68. The van der Waals surface area contributed by atoms with Gasteiger partial charge in [0.15, 0.2) is 11.5 Å². The van der Waals surface area contributed by atoms with E-state index in [2.05, 4.69) is 15.2 Å². The lowest BCUT2D eigenvalue weighted by Gasteiger charge is -2.25. The number of halogens is 1. The summed E-state index contributed by atoms with van der Waals surface area (Å²) in [5, 5.41) is 4.05. The average molecular weight is 423 g/mol. The zero-order chi connectivity index (χ0) is 20.7. The number of ether oxygens (including phenoxy) is 1. The molecule has 30 heavy (non-hydrogen) atoms. The highest BCUT2D eigenvalue weighted by molar-refractivity contribution is 6.33. The molecule has 0 radical (unpaired) electrons. The minimum Gasteiger partial charge on any atom is -0.383 e. The van der Waals surface area contributed by atoms with Crippen molar-refractivity contribution in [2.24, 2.45) is 0 Å². The van der Waals surface area contributed by atoms with E-state index in [1.807, 2.05) is 41.7 Å². The van der Waals surface area contributed by atoms with E-state index >= 15 is 0 Å². The molecule has 0 saturated carbocycles. The number of pyridine rings is 1. The van der Waals surface area contributed by atoms with Gasteiger partial charge in [0.05, 0.1) is 29.6 Å². The third kappa shape index (κ3) is 3.24. The molecule has 1 saturated heterocycles. The van der Waals surface area contributed by atoms with Gasteiger partial charge in [0.2, 0.25) is 0 Å². The zero-order valence-electron chi connectivity index (χ0n) is 17.0. The van der Waals surface area contributed by atoms with Crippen molar-refractivity contribution in [1.29, 1.82) is 0 Å². The van der Waals surface area contributed by atoms with Gasteiger partial charge >= 0.3 is 0 Å². The Kier molecular flexibility index (Phi) is 4.92. The summed E-state index contributed by atoms with van der Waals surface area (Å²) < 4.78 is 7.37. The molecular weight excluding hydrogens is 400 g/mol. The van der Waals surface area contributed by atoms with Gasteiger partial charge in [-0.2, -0.15) is 0 Å². The molecule has 7 nitrogen and oxygen atoms in total. The maximum Gasteiger partial charge on any atom is 0.166 e. The summed E-state index contributed by atoms with van der Waals surface area (Å²) in [4.78, 5) is 16.5. The normalized spacial score (nSPS) is 16.6. The number of aromatic nitrogens is 4. The molecule has 1 aliphatic heterocycles. The highest BCUT2D eigenvalue weighted by atomic mass is 35.5. The van der Waals surface area contributed by atoms with Crippen LogP contribution in [0.15, 0.2) is 42.9 Å². The van der Waals surface area contributed by atoms with Gasteiger partial charge in [0, 0.05) is 13.7 Å². The predicted molar refractivity (Wildman–Crippen MR) is 120 cm³/mol. The largest absolute Gasteiger partial charge is 0.383 e.